The van der Waals surface area contributed by atoms with E-state index < -0.39 is 29.2 Å². The minimum absolute atomic E-state index is 0.0364. The third kappa shape index (κ3) is 4.71. The number of carbonyl (C=O) groups is 2. The van der Waals surface area contributed by atoms with Gasteiger partial charge in [0.25, 0.3) is 5.91 Å². The number of nitrogens with one attached hydrogen (secondary N) is 2. The predicted molar refractivity (Wildman–Crippen MR) is 106 cm³/mol. The fraction of sp³-hybridized carbons (Fsp3) is 0.182. The van der Waals surface area contributed by atoms with E-state index in [-0.39, 0.29) is 17.9 Å². The minimum Gasteiger partial charge on any atom is -0.493 e. The number of carbonyl (C=O) groups excluding carboxylic acids is 2. The number of fused-ring (bicyclic) bond motifs is 1. The van der Waals surface area contributed by atoms with E-state index in [0.29, 0.717) is 12.2 Å². The largest absolute Gasteiger partial charge is 0.493 e. The molecule has 9 heteroatoms. The monoisotopic (exact) mass is 430 g/mol. The third-order valence-corrected chi connectivity index (χ3v) is 4.72. The Morgan fingerprint density at radius 2 is 1.87 bits per heavy atom. The first-order valence-electron chi connectivity index (χ1n) is 9.40. The maximum Gasteiger partial charge on any atom is 0.418 e. The van der Waals surface area contributed by atoms with Gasteiger partial charge < -0.3 is 19.8 Å². The van der Waals surface area contributed by atoms with Gasteiger partial charge in [0, 0.05) is 12.1 Å². The molecule has 0 saturated carbocycles. The molecule has 2 amide bonds. The van der Waals surface area contributed by atoms with Crippen LogP contribution >= 0.6 is 0 Å². The van der Waals surface area contributed by atoms with Crippen molar-refractivity contribution in [3.05, 3.63) is 77.2 Å². The lowest BCUT2D eigenvalue weighted by Crippen LogP contribution is -2.19. The van der Waals surface area contributed by atoms with E-state index in [1.54, 1.807) is 12.1 Å². The first-order valence-corrected chi connectivity index (χ1v) is 9.40. The highest BCUT2D eigenvalue weighted by Crippen LogP contribution is 2.37. The Hall–Kier alpha value is -3.75. The zero-order chi connectivity index (χ0) is 22.0. The fourth-order valence-corrected chi connectivity index (χ4v) is 3.30. The molecule has 2 N–H and O–H groups in total. The van der Waals surface area contributed by atoms with Crippen LogP contribution < -0.4 is 15.4 Å². The molecule has 1 aliphatic rings. The molecule has 1 aliphatic heterocycles. The van der Waals surface area contributed by atoms with Crippen LogP contribution in [-0.4, -0.2) is 18.4 Å². The summed E-state index contributed by atoms with van der Waals surface area (Å²) in [6, 6.07) is 11.3. The van der Waals surface area contributed by atoms with E-state index in [1.807, 2.05) is 6.07 Å². The van der Waals surface area contributed by atoms with E-state index in [9.17, 15) is 22.8 Å². The second-order valence-electron chi connectivity index (χ2n) is 6.96. The molecule has 31 heavy (non-hydrogen) atoms. The van der Waals surface area contributed by atoms with Crippen molar-refractivity contribution in [1.29, 1.82) is 0 Å². The quantitative estimate of drug-likeness (QED) is 0.617. The van der Waals surface area contributed by atoms with Crippen LogP contribution in [0.1, 0.15) is 27.2 Å². The average molecular weight is 430 g/mol. The second kappa shape index (κ2) is 8.17. The van der Waals surface area contributed by atoms with Gasteiger partial charge >= 0.3 is 6.18 Å². The first kappa shape index (κ1) is 20.5. The Kier molecular flexibility index (Phi) is 5.41. The van der Waals surface area contributed by atoms with Crippen molar-refractivity contribution in [3.63, 3.8) is 0 Å². The van der Waals surface area contributed by atoms with Gasteiger partial charge in [-0.3, -0.25) is 9.59 Å². The van der Waals surface area contributed by atoms with Crippen molar-refractivity contribution in [1.82, 2.24) is 0 Å². The molecule has 4 rings (SSSR count). The predicted octanol–water partition coefficient (Wildman–Crippen LogP) is 4.67. The van der Waals surface area contributed by atoms with Crippen LogP contribution in [0.2, 0.25) is 0 Å². The van der Waals surface area contributed by atoms with Crippen LogP contribution in [0, 0.1) is 0 Å². The van der Waals surface area contributed by atoms with Gasteiger partial charge in [0.15, 0.2) is 5.76 Å². The zero-order valence-electron chi connectivity index (χ0n) is 16.1. The number of benzene rings is 2. The van der Waals surface area contributed by atoms with E-state index in [1.165, 1.54) is 24.5 Å². The topological polar surface area (TPSA) is 80.6 Å². The van der Waals surface area contributed by atoms with Crippen LogP contribution in [0.15, 0.2) is 59.2 Å². The minimum atomic E-state index is -4.74. The highest BCUT2D eigenvalue weighted by Gasteiger charge is 2.34. The van der Waals surface area contributed by atoms with Crippen LogP contribution in [0.3, 0.4) is 0 Å². The number of hydrogen-bond donors (Lipinski definition) is 2. The lowest BCUT2D eigenvalue weighted by atomic mass is 10.1. The van der Waals surface area contributed by atoms with E-state index in [2.05, 4.69) is 10.6 Å². The molecule has 0 bridgehead atoms. The summed E-state index contributed by atoms with van der Waals surface area (Å²) < 4.78 is 51.0. The summed E-state index contributed by atoms with van der Waals surface area (Å²) in [5.41, 5.74) is 0.111. The molecular weight excluding hydrogens is 413 g/mol. The molecule has 2 heterocycles. The van der Waals surface area contributed by atoms with Crippen LogP contribution in [0.25, 0.3) is 0 Å². The van der Waals surface area contributed by atoms with Gasteiger partial charge in [0.2, 0.25) is 5.91 Å². The second-order valence-corrected chi connectivity index (χ2v) is 6.96. The number of rotatable bonds is 5. The molecule has 0 fully saturated rings. The Labute approximate surface area is 175 Å². The summed E-state index contributed by atoms with van der Waals surface area (Å²) in [7, 11) is 0. The van der Waals surface area contributed by atoms with Gasteiger partial charge in [-0.1, -0.05) is 12.1 Å². The number of anilines is 2. The molecule has 0 saturated heterocycles. The van der Waals surface area contributed by atoms with Crippen LogP contribution in [-0.2, 0) is 23.8 Å². The number of furan rings is 1. The summed E-state index contributed by atoms with van der Waals surface area (Å²) in [6.45, 7) is 0.572. The lowest BCUT2D eigenvalue weighted by molar-refractivity contribution is -0.136. The molecule has 0 radical (unpaired) electrons. The Bertz CT molecular complexity index is 1120. The molecule has 1 aromatic heterocycles. The standard InChI is InChI=1S/C22H17F3N2O4/c23-22(24,25)16-12-15(26-21(29)19-2-1-8-30-19)4-5-17(16)27-20(28)11-13-3-6-18-14(10-13)7-9-31-18/h1-6,8,10,12H,7,9,11H2,(H,26,29)(H,27,28). The summed E-state index contributed by atoms with van der Waals surface area (Å²) in [5, 5.41) is 4.66. The van der Waals surface area contributed by atoms with Crippen LogP contribution in [0.4, 0.5) is 24.5 Å². The third-order valence-electron chi connectivity index (χ3n) is 4.72. The molecule has 160 valence electrons. The van der Waals surface area contributed by atoms with Crippen molar-refractivity contribution in [3.8, 4) is 5.75 Å². The molecule has 2 aromatic carbocycles. The summed E-state index contributed by atoms with van der Waals surface area (Å²) in [6.07, 6.45) is -2.81. The van der Waals surface area contributed by atoms with Crippen molar-refractivity contribution < 1.29 is 31.9 Å². The Balaban J connectivity index is 1.50. The van der Waals surface area contributed by atoms with Crippen molar-refractivity contribution in [2.45, 2.75) is 19.0 Å². The maximum absolute atomic E-state index is 13.6. The Morgan fingerprint density at radius 1 is 1.03 bits per heavy atom. The van der Waals surface area contributed by atoms with Gasteiger partial charge in [-0.25, -0.2) is 0 Å². The number of hydrogen-bond acceptors (Lipinski definition) is 4. The van der Waals surface area contributed by atoms with Gasteiger partial charge in [0.1, 0.15) is 5.75 Å². The summed E-state index contributed by atoms with van der Waals surface area (Å²) in [5.74, 6) is -0.548. The van der Waals surface area contributed by atoms with Crippen molar-refractivity contribution >= 4 is 23.2 Å². The number of alkyl halides is 3. The Morgan fingerprint density at radius 3 is 2.61 bits per heavy atom. The highest BCUT2D eigenvalue weighted by molar-refractivity contribution is 6.02. The smallest absolute Gasteiger partial charge is 0.418 e. The van der Waals surface area contributed by atoms with Gasteiger partial charge in [-0.05, 0) is 47.5 Å². The molecule has 6 nitrogen and oxygen atoms in total. The first-order chi connectivity index (χ1) is 14.8. The number of ether oxygens (including phenoxy) is 1. The zero-order valence-corrected chi connectivity index (χ0v) is 16.1. The summed E-state index contributed by atoms with van der Waals surface area (Å²) >= 11 is 0. The molecule has 0 atom stereocenters. The van der Waals surface area contributed by atoms with E-state index >= 15 is 0 Å². The number of amides is 2. The van der Waals surface area contributed by atoms with Gasteiger partial charge in [-0.15, -0.1) is 0 Å². The normalized spacial score (nSPS) is 12.7. The highest BCUT2D eigenvalue weighted by atomic mass is 19.4. The van der Waals surface area contributed by atoms with E-state index in [4.69, 9.17) is 9.15 Å². The molecule has 0 aliphatic carbocycles. The SMILES string of the molecule is O=C(Cc1ccc2c(c1)CCO2)Nc1ccc(NC(=O)c2ccco2)cc1C(F)(F)F. The average Bonchev–Trinajstić information content (AvgIpc) is 3.39. The lowest BCUT2D eigenvalue weighted by Gasteiger charge is -2.16. The maximum atomic E-state index is 13.6. The fourth-order valence-electron chi connectivity index (χ4n) is 3.30. The van der Waals surface area contributed by atoms with Crippen molar-refractivity contribution in [2.24, 2.45) is 0 Å². The molecule has 3 aromatic rings. The van der Waals surface area contributed by atoms with Crippen LogP contribution in [0.5, 0.6) is 5.75 Å². The van der Waals surface area contributed by atoms with Gasteiger partial charge in [0.05, 0.1) is 30.5 Å². The summed E-state index contributed by atoms with van der Waals surface area (Å²) in [4.78, 5) is 24.4. The molecule has 0 spiro atoms. The van der Waals surface area contributed by atoms with Crippen molar-refractivity contribution in [2.75, 3.05) is 17.2 Å². The van der Waals surface area contributed by atoms with Gasteiger partial charge in [-0.2, -0.15) is 13.2 Å². The molecule has 0 unspecified atom stereocenters. The number of halogens is 3. The van der Waals surface area contributed by atoms with E-state index in [0.717, 1.165) is 29.9 Å². The molecular formula is C22H17F3N2O4.